The number of aromatic nitrogens is 2. The number of hydrogen-bond donors (Lipinski definition) is 1. The van der Waals surface area contributed by atoms with E-state index in [1.807, 2.05) is 0 Å². The van der Waals surface area contributed by atoms with E-state index in [-0.39, 0.29) is 6.04 Å². The standard InChI is InChI=1S/C15H22BrN3/c1-3-5-6-12(17)15-18-13-10-11(16)7-8-14(13)19(15)9-4-2/h7-8,10,12H,3-6,9,17H2,1-2H3. The summed E-state index contributed by atoms with van der Waals surface area (Å²) in [5.74, 6) is 1.03. The summed E-state index contributed by atoms with van der Waals surface area (Å²) < 4.78 is 3.34. The summed E-state index contributed by atoms with van der Waals surface area (Å²) in [5, 5.41) is 0. The Morgan fingerprint density at radius 2 is 2.11 bits per heavy atom. The van der Waals surface area contributed by atoms with Gasteiger partial charge in [-0.15, -0.1) is 0 Å². The first-order valence-corrected chi connectivity index (χ1v) is 7.88. The van der Waals surface area contributed by atoms with E-state index >= 15 is 0 Å². The smallest absolute Gasteiger partial charge is 0.126 e. The van der Waals surface area contributed by atoms with Gasteiger partial charge in [-0.1, -0.05) is 42.6 Å². The molecule has 0 saturated carbocycles. The predicted molar refractivity (Wildman–Crippen MR) is 84.2 cm³/mol. The van der Waals surface area contributed by atoms with Crippen LogP contribution < -0.4 is 5.73 Å². The first kappa shape index (κ1) is 14.5. The summed E-state index contributed by atoms with van der Waals surface area (Å²) in [6.45, 7) is 5.36. The van der Waals surface area contributed by atoms with Crippen molar-refractivity contribution in [1.82, 2.24) is 9.55 Å². The molecule has 1 unspecified atom stereocenters. The van der Waals surface area contributed by atoms with Crippen LogP contribution in [-0.4, -0.2) is 9.55 Å². The lowest BCUT2D eigenvalue weighted by molar-refractivity contribution is 0.536. The molecule has 2 N–H and O–H groups in total. The number of nitrogens with zero attached hydrogens (tertiary/aromatic N) is 2. The molecule has 0 aliphatic heterocycles. The number of halogens is 1. The lowest BCUT2D eigenvalue weighted by Crippen LogP contribution is -2.16. The molecule has 104 valence electrons. The van der Waals surface area contributed by atoms with Crippen LogP contribution in [0.4, 0.5) is 0 Å². The van der Waals surface area contributed by atoms with Crippen molar-refractivity contribution in [1.29, 1.82) is 0 Å². The zero-order valence-corrected chi connectivity index (χ0v) is 13.3. The van der Waals surface area contributed by atoms with Crippen LogP contribution in [0.3, 0.4) is 0 Å². The molecule has 4 heteroatoms. The molecule has 1 aromatic heterocycles. The van der Waals surface area contributed by atoms with Crippen LogP contribution in [0.25, 0.3) is 11.0 Å². The normalized spacial score (nSPS) is 13.1. The van der Waals surface area contributed by atoms with E-state index < -0.39 is 0 Å². The fraction of sp³-hybridized carbons (Fsp3) is 0.533. The van der Waals surface area contributed by atoms with Crippen LogP contribution >= 0.6 is 15.9 Å². The monoisotopic (exact) mass is 323 g/mol. The number of imidazole rings is 1. The second-order valence-electron chi connectivity index (χ2n) is 5.00. The molecule has 1 aromatic carbocycles. The third-order valence-electron chi connectivity index (χ3n) is 3.39. The van der Waals surface area contributed by atoms with Gasteiger partial charge in [0.25, 0.3) is 0 Å². The minimum Gasteiger partial charge on any atom is -0.327 e. The van der Waals surface area contributed by atoms with E-state index in [0.717, 1.165) is 41.6 Å². The van der Waals surface area contributed by atoms with E-state index in [2.05, 4.69) is 52.5 Å². The van der Waals surface area contributed by atoms with E-state index in [1.165, 1.54) is 11.9 Å². The maximum atomic E-state index is 6.32. The van der Waals surface area contributed by atoms with Crippen molar-refractivity contribution in [3.05, 3.63) is 28.5 Å². The molecule has 0 aliphatic rings. The quantitative estimate of drug-likeness (QED) is 0.856. The van der Waals surface area contributed by atoms with Crippen LogP contribution in [0.5, 0.6) is 0 Å². The summed E-state index contributed by atoms with van der Waals surface area (Å²) in [7, 11) is 0. The third-order valence-corrected chi connectivity index (χ3v) is 3.88. The number of aryl methyl sites for hydroxylation is 1. The Bertz CT molecular complexity index is 548. The first-order chi connectivity index (χ1) is 9.17. The average Bonchev–Trinajstić information content (AvgIpc) is 2.74. The second-order valence-corrected chi connectivity index (χ2v) is 5.92. The molecule has 2 aromatic rings. The Labute approximate surface area is 123 Å². The van der Waals surface area contributed by atoms with Gasteiger partial charge in [-0.05, 0) is 31.0 Å². The fourth-order valence-electron chi connectivity index (χ4n) is 2.42. The van der Waals surface area contributed by atoms with Gasteiger partial charge in [-0.2, -0.15) is 0 Å². The van der Waals surface area contributed by atoms with Gasteiger partial charge in [0.05, 0.1) is 17.1 Å². The second kappa shape index (κ2) is 6.53. The fourth-order valence-corrected chi connectivity index (χ4v) is 2.77. The van der Waals surface area contributed by atoms with Crippen LogP contribution in [0.15, 0.2) is 22.7 Å². The third kappa shape index (κ3) is 3.18. The summed E-state index contributed by atoms with van der Waals surface area (Å²) in [4.78, 5) is 4.75. The van der Waals surface area contributed by atoms with Gasteiger partial charge < -0.3 is 10.3 Å². The highest BCUT2D eigenvalue weighted by atomic mass is 79.9. The molecule has 0 saturated heterocycles. The number of hydrogen-bond acceptors (Lipinski definition) is 2. The molecule has 19 heavy (non-hydrogen) atoms. The van der Waals surface area contributed by atoms with Crippen molar-refractivity contribution in [2.75, 3.05) is 0 Å². The van der Waals surface area contributed by atoms with Crippen molar-refractivity contribution in [3.8, 4) is 0 Å². The zero-order chi connectivity index (χ0) is 13.8. The van der Waals surface area contributed by atoms with E-state index in [9.17, 15) is 0 Å². The molecule has 0 amide bonds. The van der Waals surface area contributed by atoms with E-state index in [1.54, 1.807) is 0 Å². The average molecular weight is 324 g/mol. The number of fused-ring (bicyclic) bond motifs is 1. The maximum Gasteiger partial charge on any atom is 0.126 e. The van der Waals surface area contributed by atoms with E-state index in [0.29, 0.717) is 0 Å². The lowest BCUT2D eigenvalue weighted by atomic mass is 10.1. The van der Waals surface area contributed by atoms with Crippen LogP contribution in [0.2, 0.25) is 0 Å². The van der Waals surface area contributed by atoms with Gasteiger partial charge in [-0.25, -0.2) is 4.98 Å². The molecule has 0 radical (unpaired) electrons. The van der Waals surface area contributed by atoms with Gasteiger partial charge in [0.1, 0.15) is 5.82 Å². The molecule has 2 rings (SSSR count). The summed E-state index contributed by atoms with van der Waals surface area (Å²) >= 11 is 3.50. The van der Waals surface area contributed by atoms with Crippen molar-refractivity contribution in [2.45, 2.75) is 52.1 Å². The summed E-state index contributed by atoms with van der Waals surface area (Å²) in [5.41, 5.74) is 8.54. The van der Waals surface area contributed by atoms with Crippen molar-refractivity contribution < 1.29 is 0 Å². The highest BCUT2D eigenvalue weighted by Gasteiger charge is 2.16. The van der Waals surface area contributed by atoms with Crippen molar-refractivity contribution >= 4 is 27.0 Å². The molecule has 1 atom stereocenters. The van der Waals surface area contributed by atoms with Gasteiger partial charge >= 0.3 is 0 Å². The molecule has 0 aliphatic carbocycles. The minimum absolute atomic E-state index is 0.0395. The number of unbranched alkanes of at least 4 members (excludes halogenated alkanes) is 1. The molecule has 3 nitrogen and oxygen atoms in total. The highest BCUT2D eigenvalue weighted by molar-refractivity contribution is 9.10. The zero-order valence-electron chi connectivity index (χ0n) is 11.7. The van der Waals surface area contributed by atoms with Crippen LogP contribution in [0, 0.1) is 0 Å². The molecular weight excluding hydrogens is 302 g/mol. The SMILES string of the molecule is CCCCC(N)c1nc2cc(Br)ccc2n1CCC. The highest BCUT2D eigenvalue weighted by Crippen LogP contribution is 2.25. The minimum atomic E-state index is 0.0395. The molecule has 0 spiro atoms. The van der Waals surface area contributed by atoms with Crippen LogP contribution in [0.1, 0.15) is 51.4 Å². The Balaban J connectivity index is 2.43. The van der Waals surface area contributed by atoms with Gasteiger partial charge in [0, 0.05) is 11.0 Å². The van der Waals surface area contributed by atoms with Gasteiger partial charge in [0.15, 0.2) is 0 Å². The Hall–Kier alpha value is -0.870. The topological polar surface area (TPSA) is 43.8 Å². The molecule has 0 bridgehead atoms. The van der Waals surface area contributed by atoms with Gasteiger partial charge in [-0.3, -0.25) is 0 Å². The molecule has 0 fully saturated rings. The number of nitrogens with two attached hydrogens (primary N) is 1. The first-order valence-electron chi connectivity index (χ1n) is 7.08. The Morgan fingerprint density at radius 1 is 1.32 bits per heavy atom. The van der Waals surface area contributed by atoms with Crippen molar-refractivity contribution in [2.24, 2.45) is 5.73 Å². The summed E-state index contributed by atoms with van der Waals surface area (Å²) in [6.07, 6.45) is 4.42. The summed E-state index contributed by atoms with van der Waals surface area (Å²) in [6, 6.07) is 6.30. The van der Waals surface area contributed by atoms with Crippen LogP contribution in [-0.2, 0) is 6.54 Å². The Morgan fingerprint density at radius 3 is 2.79 bits per heavy atom. The Kier molecular flexibility index (Phi) is 4.99. The van der Waals surface area contributed by atoms with Gasteiger partial charge in [0.2, 0.25) is 0 Å². The van der Waals surface area contributed by atoms with E-state index in [4.69, 9.17) is 10.7 Å². The number of rotatable bonds is 6. The lowest BCUT2D eigenvalue weighted by Gasteiger charge is -2.13. The largest absolute Gasteiger partial charge is 0.327 e. The van der Waals surface area contributed by atoms with Crippen molar-refractivity contribution in [3.63, 3.8) is 0 Å². The predicted octanol–water partition coefficient (Wildman–Crippen LogP) is 4.40. The molecular formula is C15H22BrN3. The number of benzene rings is 1. The maximum absolute atomic E-state index is 6.32. The molecule has 1 heterocycles.